The average Bonchev–Trinajstić information content (AvgIpc) is 3.39. The fraction of sp³-hybridized carbons (Fsp3) is 0.628. The maximum Gasteiger partial charge on any atom is 0.346 e. The van der Waals surface area contributed by atoms with E-state index in [-0.39, 0.29) is 89.5 Å². The lowest BCUT2D eigenvalue weighted by molar-refractivity contribution is -0.858. The topological polar surface area (TPSA) is 203 Å². The number of carbonyl (C=O) groups excluding carboxylic acids is 4. The van der Waals surface area contributed by atoms with Gasteiger partial charge in [0.1, 0.15) is 13.2 Å². The van der Waals surface area contributed by atoms with Crippen molar-refractivity contribution in [2.45, 2.75) is 52.0 Å². The number of fused-ring (bicyclic) bond motifs is 1. The number of hydrogen-bond donors (Lipinski definition) is 4. The number of carboxylic acids is 1. The van der Waals surface area contributed by atoms with Gasteiger partial charge in [-0.1, -0.05) is 82.3 Å². The molecule has 352 valence electrons. The molecule has 0 saturated carbocycles. The monoisotopic (exact) mass is 853 g/mol. The third-order valence-electron chi connectivity index (χ3n) is 6.14. The van der Waals surface area contributed by atoms with E-state index in [9.17, 15) is 24.3 Å². The zero-order chi connectivity index (χ0) is 39.9. The first-order valence-corrected chi connectivity index (χ1v) is 16.7. The molecule has 2 aromatic carbocycles. The summed E-state index contributed by atoms with van der Waals surface area (Å²) in [4.78, 5) is 51.4. The van der Waals surface area contributed by atoms with Crippen molar-refractivity contribution in [3.8, 4) is 0 Å². The summed E-state index contributed by atoms with van der Waals surface area (Å²) >= 11 is 0. The highest BCUT2D eigenvalue weighted by Crippen LogP contribution is 2.18. The number of ether oxygens (including phenoxy) is 4. The van der Waals surface area contributed by atoms with Crippen LogP contribution in [-0.2, 0) is 18.9 Å². The van der Waals surface area contributed by atoms with Crippen LogP contribution in [0, 0.1) is 0 Å². The number of carboxylic acid groups (broad SMARTS) is 1. The molecule has 0 fully saturated rings. The van der Waals surface area contributed by atoms with E-state index in [4.69, 9.17) is 24.8 Å². The molecular weight excluding hydrogens is 764 g/mol. The second kappa shape index (κ2) is 48.5. The van der Waals surface area contributed by atoms with Crippen LogP contribution in [-0.4, -0.2) is 189 Å². The molecule has 59 heavy (non-hydrogen) atoms. The quantitative estimate of drug-likeness (QED) is 0.103. The fourth-order valence-electron chi connectivity index (χ4n) is 3.31. The molecule has 0 spiro atoms. The van der Waals surface area contributed by atoms with Gasteiger partial charge in [-0.2, -0.15) is 0 Å². The fourth-order valence-corrected chi connectivity index (χ4v) is 3.31. The Labute approximate surface area is 359 Å². The molecule has 0 bridgehead atoms. The molecule has 0 aliphatic carbocycles. The standard InChI is InChI=1S/C10H10O5.2C8H20N2O.C8H4O3.C2H6O2.7CH4/c11-5-6-15-10(14)8-4-2-1-3-7(8)9(12)13;2*1-9(2)5-7-11-8-6-10(3)4;9-7-5-3-1-2-4-6(5)8(10)11-7;3-1-2-4;;;;;;;/h1-4,11H,5-6H2,(H,12,13);2*5-8H2,1-4H3;1-4H;3-4H,1-2H2;7*1H4. The summed E-state index contributed by atoms with van der Waals surface area (Å²) in [6.45, 7) is 6.79. The number of rotatable bonds is 17. The van der Waals surface area contributed by atoms with Crippen LogP contribution >= 0.6 is 0 Å². The van der Waals surface area contributed by atoms with Gasteiger partial charge in [-0.3, -0.25) is 0 Å². The normalized spacial score (nSPS) is 9.95. The molecule has 4 N–H and O–H groups in total. The molecule has 0 saturated heterocycles. The summed E-state index contributed by atoms with van der Waals surface area (Å²) in [7, 11) is 16.6. The van der Waals surface area contributed by atoms with Crippen LogP contribution in [0.25, 0.3) is 0 Å². The number of nitrogens with one attached hydrogen (secondary N) is 1. The maximum absolute atomic E-state index is 11.3. The minimum atomic E-state index is -1.44. The van der Waals surface area contributed by atoms with Crippen molar-refractivity contribution in [2.75, 3.05) is 135 Å². The van der Waals surface area contributed by atoms with Gasteiger partial charge in [-0.25, -0.2) is 14.4 Å². The van der Waals surface area contributed by atoms with Crippen LogP contribution in [0.15, 0.2) is 48.5 Å². The minimum absolute atomic E-state index is 0. The summed E-state index contributed by atoms with van der Waals surface area (Å²) < 4.78 is 19.7. The van der Waals surface area contributed by atoms with Crippen LogP contribution in [0.2, 0.25) is 0 Å². The van der Waals surface area contributed by atoms with Crippen molar-refractivity contribution in [1.29, 1.82) is 0 Å². The molecule has 16 heteroatoms. The van der Waals surface area contributed by atoms with Gasteiger partial charge in [-0.05, 0) is 60.5 Å². The molecule has 0 amide bonds. The number of cyclic esters (lactones) is 2. The summed E-state index contributed by atoms with van der Waals surface area (Å²) in [5, 5.41) is 34.3. The SMILES string of the molecule is C.C.C.C.C.C.C.CN(C)CCOCCN(C)C.CN(C)CCOCC[NH+](C)C.O=C([O-])c1ccccc1C(=O)OCCO.O=C1OC(=O)c2ccccc21.OCCO. The number of quaternary nitrogens is 1. The number of benzene rings is 2. The third kappa shape index (κ3) is 42.1. The molecule has 16 nitrogen and oxygen atoms in total. The Morgan fingerprint density at radius 1 is 0.593 bits per heavy atom. The van der Waals surface area contributed by atoms with E-state index in [2.05, 4.69) is 80.6 Å². The lowest BCUT2D eigenvalue weighted by Gasteiger charge is -2.12. The first kappa shape index (κ1) is 75.9. The maximum atomic E-state index is 11.3. The van der Waals surface area contributed by atoms with Gasteiger partial charge in [0.25, 0.3) is 0 Å². The van der Waals surface area contributed by atoms with Crippen molar-refractivity contribution < 1.29 is 63.5 Å². The summed E-state index contributed by atoms with van der Waals surface area (Å²) in [6, 6.07) is 12.1. The predicted octanol–water partition coefficient (Wildman–Crippen LogP) is 2.46. The molecule has 3 rings (SSSR count). The Morgan fingerprint density at radius 2 is 0.949 bits per heavy atom. The van der Waals surface area contributed by atoms with Crippen molar-refractivity contribution in [1.82, 2.24) is 14.7 Å². The molecule has 1 aliphatic heterocycles. The number of aliphatic hydroxyl groups excluding tert-OH is 3. The number of aliphatic hydroxyl groups is 3. The van der Waals surface area contributed by atoms with Crippen molar-refractivity contribution in [3.63, 3.8) is 0 Å². The molecule has 0 aromatic heterocycles. The summed E-state index contributed by atoms with van der Waals surface area (Å²) in [5.74, 6) is -3.33. The number of carbonyl (C=O) groups is 4. The Bertz CT molecular complexity index is 1190. The summed E-state index contributed by atoms with van der Waals surface area (Å²) in [6.07, 6.45) is 0. The van der Waals surface area contributed by atoms with Crippen LogP contribution in [0.5, 0.6) is 0 Å². The Balaban J connectivity index is -0.0000000759. The summed E-state index contributed by atoms with van der Waals surface area (Å²) in [5.41, 5.74) is 0.418. The predicted molar refractivity (Wildman–Crippen MR) is 241 cm³/mol. The van der Waals surface area contributed by atoms with E-state index < -0.39 is 23.9 Å². The number of likely N-dealkylation sites (N-methyl/N-ethyl adjacent to an activating group) is 4. The van der Waals surface area contributed by atoms with Gasteiger partial charge in [0.05, 0.1) is 83.0 Å². The molecule has 0 radical (unpaired) electrons. The van der Waals surface area contributed by atoms with Crippen molar-refractivity contribution in [3.05, 3.63) is 70.8 Å². The number of hydrogen-bond acceptors (Lipinski definition) is 15. The average molecular weight is 853 g/mol. The Morgan fingerprint density at radius 3 is 1.27 bits per heavy atom. The first-order chi connectivity index (χ1) is 24.6. The highest BCUT2D eigenvalue weighted by molar-refractivity contribution is 6.14. The number of esters is 3. The van der Waals surface area contributed by atoms with E-state index in [0.29, 0.717) is 11.1 Å². The van der Waals surface area contributed by atoms with Gasteiger partial charge in [-0.15, -0.1) is 0 Å². The molecular formula is C43H88N4O12. The number of aromatic carboxylic acids is 1. The van der Waals surface area contributed by atoms with Gasteiger partial charge in [0.2, 0.25) is 0 Å². The van der Waals surface area contributed by atoms with Crippen LogP contribution < -0.4 is 10.0 Å². The van der Waals surface area contributed by atoms with Crippen LogP contribution in [0.3, 0.4) is 0 Å². The molecule has 1 heterocycles. The smallest absolute Gasteiger partial charge is 0.346 e. The molecule has 0 unspecified atom stereocenters. The molecule has 2 aromatic rings. The van der Waals surface area contributed by atoms with Crippen molar-refractivity contribution >= 4 is 23.9 Å². The van der Waals surface area contributed by atoms with E-state index >= 15 is 0 Å². The van der Waals surface area contributed by atoms with Gasteiger partial charge in [0.15, 0.2) is 0 Å². The zero-order valence-corrected chi connectivity index (χ0v) is 32.0. The highest BCUT2D eigenvalue weighted by Gasteiger charge is 2.28. The Hall–Kier alpha value is -3.84. The Kier molecular flexibility index (Phi) is 62.5. The third-order valence-corrected chi connectivity index (χ3v) is 6.14. The molecule has 1 aliphatic rings. The van der Waals surface area contributed by atoms with E-state index in [1.807, 2.05) is 0 Å². The number of nitrogens with zero attached hydrogens (tertiary/aromatic N) is 3. The lowest BCUT2D eigenvalue weighted by Crippen LogP contribution is -3.06. The first-order valence-electron chi connectivity index (χ1n) is 16.7. The van der Waals surface area contributed by atoms with Crippen LogP contribution in [0.4, 0.5) is 0 Å². The lowest BCUT2D eigenvalue weighted by atomic mass is 10.1. The van der Waals surface area contributed by atoms with Crippen molar-refractivity contribution in [2.24, 2.45) is 0 Å². The second-order valence-corrected chi connectivity index (χ2v) is 12.0. The van der Waals surface area contributed by atoms with Gasteiger partial charge >= 0.3 is 17.9 Å². The highest BCUT2D eigenvalue weighted by atomic mass is 16.6. The zero-order valence-electron chi connectivity index (χ0n) is 32.0. The van der Waals surface area contributed by atoms with Crippen LogP contribution in [0.1, 0.15) is 93.4 Å². The largest absolute Gasteiger partial charge is 0.545 e. The van der Waals surface area contributed by atoms with Gasteiger partial charge in [0, 0.05) is 25.2 Å². The van der Waals surface area contributed by atoms with Gasteiger partial charge < -0.3 is 63.8 Å². The van der Waals surface area contributed by atoms with E-state index in [1.165, 1.54) is 29.2 Å². The minimum Gasteiger partial charge on any atom is -0.545 e. The second-order valence-electron chi connectivity index (χ2n) is 12.0. The van der Waals surface area contributed by atoms with E-state index in [1.54, 1.807) is 24.3 Å². The van der Waals surface area contributed by atoms with E-state index in [0.717, 1.165) is 52.6 Å². The molecule has 0 atom stereocenters.